The molecule has 2 fully saturated rings. The molecule has 0 aromatic heterocycles. The number of unbranched alkanes of at least 4 members (excludes halogenated alkanes) is 1. The van der Waals surface area contributed by atoms with Gasteiger partial charge < -0.3 is 28.4 Å². The second kappa shape index (κ2) is 14.5. The van der Waals surface area contributed by atoms with Crippen molar-refractivity contribution >= 4 is 23.9 Å². The van der Waals surface area contributed by atoms with Gasteiger partial charge in [0.2, 0.25) is 5.79 Å². The number of carbonyl (C=O) groups is 4. The first-order valence-electron chi connectivity index (χ1n) is 15.1. The van der Waals surface area contributed by atoms with Gasteiger partial charge in [-0.25, -0.2) is 14.4 Å². The lowest BCUT2D eigenvalue weighted by molar-refractivity contribution is -0.280. The fourth-order valence-corrected chi connectivity index (χ4v) is 5.79. The number of ether oxygens (including phenoxy) is 6. The number of benzene rings is 3. The van der Waals surface area contributed by atoms with Crippen LogP contribution in [0.4, 0.5) is 0 Å². The minimum atomic E-state index is -1.84. The molecular weight excluding hydrogens is 580 g/mol. The molecule has 3 aromatic carbocycles. The van der Waals surface area contributed by atoms with E-state index in [-0.39, 0.29) is 29.7 Å². The lowest BCUT2D eigenvalue weighted by atomic mass is 9.95. The van der Waals surface area contributed by atoms with Crippen molar-refractivity contribution < 1.29 is 47.6 Å². The number of fused-ring (bicyclic) bond motifs is 1. The number of hydrogen-bond donors (Lipinski definition) is 0. The van der Waals surface area contributed by atoms with Crippen LogP contribution in [-0.2, 0) is 33.2 Å². The van der Waals surface area contributed by atoms with Gasteiger partial charge in [0.15, 0.2) is 12.4 Å². The van der Waals surface area contributed by atoms with Crippen LogP contribution in [0.25, 0.3) is 0 Å². The van der Waals surface area contributed by atoms with E-state index in [9.17, 15) is 19.2 Å². The van der Waals surface area contributed by atoms with Gasteiger partial charge in [-0.3, -0.25) is 4.79 Å². The van der Waals surface area contributed by atoms with Crippen LogP contribution in [-0.4, -0.2) is 61.4 Å². The molecule has 236 valence electrons. The topological polar surface area (TPSA) is 124 Å². The third kappa shape index (κ3) is 7.24. The van der Waals surface area contributed by atoms with Crippen LogP contribution in [0.15, 0.2) is 91.0 Å². The van der Waals surface area contributed by atoms with Gasteiger partial charge in [0.25, 0.3) is 0 Å². The number of hydrogen-bond acceptors (Lipinski definition) is 10. The molecule has 10 nitrogen and oxygen atoms in total. The summed E-state index contributed by atoms with van der Waals surface area (Å²) in [7, 11) is 0. The molecule has 5 rings (SSSR count). The van der Waals surface area contributed by atoms with Crippen molar-refractivity contribution in [1.82, 2.24) is 0 Å². The Kier molecular flexibility index (Phi) is 10.3. The molecule has 1 heterocycles. The van der Waals surface area contributed by atoms with E-state index in [0.29, 0.717) is 6.61 Å². The molecule has 3 aromatic rings. The van der Waals surface area contributed by atoms with E-state index in [1.165, 1.54) is 6.92 Å². The third-order valence-electron chi connectivity index (χ3n) is 7.95. The van der Waals surface area contributed by atoms with Crippen molar-refractivity contribution in [2.45, 2.75) is 57.4 Å². The van der Waals surface area contributed by atoms with Gasteiger partial charge in [0, 0.05) is 20.0 Å². The monoisotopic (exact) mass is 616 g/mol. The zero-order chi connectivity index (χ0) is 31.8. The van der Waals surface area contributed by atoms with E-state index in [4.69, 9.17) is 28.4 Å². The van der Waals surface area contributed by atoms with Gasteiger partial charge in [-0.05, 0) is 42.8 Å². The second-order valence-corrected chi connectivity index (χ2v) is 11.0. The largest absolute Gasteiger partial charge is 0.465 e. The van der Waals surface area contributed by atoms with E-state index in [1.54, 1.807) is 91.0 Å². The van der Waals surface area contributed by atoms with E-state index < -0.39 is 60.0 Å². The maximum atomic E-state index is 13.6. The predicted octanol–water partition coefficient (Wildman–Crippen LogP) is 5.36. The smallest absolute Gasteiger partial charge is 0.340 e. The molecule has 1 saturated carbocycles. The summed E-state index contributed by atoms with van der Waals surface area (Å²) < 4.78 is 36.3. The van der Waals surface area contributed by atoms with Crippen molar-refractivity contribution in [2.75, 3.05) is 13.2 Å². The van der Waals surface area contributed by atoms with E-state index >= 15 is 0 Å². The van der Waals surface area contributed by atoms with Crippen LogP contribution in [0.1, 0.15) is 64.2 Å². The molecule has 0 N–H and O–H groups in total. The summed E-state index contributed by atoms with van der Waals surface area (Å²) in [6, 6.07) is 25.0. The van der Waals surface area contributed by atoms with Gasteiger partial charge in [-0.2, -0.15) is 0 Å². The highest BCUT2D eigenvalue weighted by Gasteiger charge is 2.72. The summed E-state index contributed by atoms with van der Waals surface area (Å²) in [5, 5.41) is 0. The normalized spacial score (nSPS) is 25.2. The van der Waals surface area contributed by atoms with Crippen LogP contribution in [0.3, 0.4) is 0 Å². The third-order valence-corrected chi connectivity index (χ3v) is 7.95. The summed E-state index contributed by atoms with van der Waals surface area (Å²) in [4.78, 5) is 52.6. The van der Waals surface area contributed by atoms with E-state index in [1.807, 2.05) is 6.92 Å². The van der Waals surface area contributed by atoms with Crippen molar-refractivity contribution in [3.8, 4) is 0 Å². The van der Waals surface area contributed by atoms with Crippen molar-refractivity contribution in [3.05, 3.63) is 108 Å². The molecule has 45 heavy (non-hydrogen) atoms. The zero-order valence-corrected chi connectivity index (χ0v) is 25.2. The number of esters is 4. The average molecular weight is 617 g/mol. The van der Waals surface area contributed by atoms with E-state index in [0.717, 1.165) is 12.8 Å². The Balaban J connectivity index is 1.58. The van der Waals surface area contributed by atoms with E-state index in [2.05, 4.69) is 0 Å². The van der Waals surface area contributed by atoms with Crippen LogP contribution in [0.2, 0.25) is 0 Å². The molecule has 6 unspecified atom stereocenters. The minimum absolute atomic E-state index is 0.147. The fourth-order valence-electron chi connectivity index (χ4n) is 5.79. The van der Waals surface area contributed by atoms with Gasteiger partial charge in [-0.15, -0.1) is 0 Å². The van der Waals surface area contributed by atoms with Crippen molar-refractivity contribution in [2.24, 2.45) is 11.8 Å². The summed E-state index contributed by atoms with van der Waals surface area (Å²) >= 11 is 0. The Hall–Kier alpha value is -4.54. The lowest BCUT2D eigenvalue weighted by Gasteiger charge is -2.35. The van der Waals surface area contributed by atoms with Crippen molar-refractivity contribution in [3.63, 3.8) is 0 Å². The standard InChI is InChI=1S/C35H36O10/c1-3-4-20-40-29-21-27-30(42-32(37)24-14-8-5-9-15-24)31(43-33(38)25-16-10-6-11-17-25)28(22-41-23(2)36)35(27,44-29)45-34(39)26-18-12-7-13-19-26/h5-19,27-31H,3-4,20-22H2,1-2H3. The first-order chi connectivity index (χ1) is 21.8. The van der Waals surface area contributed by atoms with Gasteiger partial charge in [-0.1, -0.05) is 67.9 Å². The van der Waals surface area contributed by atoms with Crippen LogP contribution in [0, 0.1) is 11.8 Å². The summed E-state index contributed by atoms with van der Waals surface area (Å²) in [5.41, 5.74) is 0.778. The average Bonchev–Trinajstić information content (AvgIpc) is 3.51. The number of rotatable bonds is 12. The van der Waals surface area contributed by atoms with Crippen LogP contribution >= 0.6 is 0 Å². The molecule has 10 heteroatoms. The van der Waals surface area contributed by atoms with Crippen molar-refractivity contribution in [1.29, 1.82) is 0 Å². The van der Waals surface area contributed by atoms with Crippen LogP contribution in [0.5, 0.6) is 0 Å². The first kappa shape index (κ1) is 31.9. The molecule has 0 spiro atoms. The minimum Gasteiger partial charge on any atom is -0.465 e. The van der Waals surface area contributed by atoms with Gasteiger partial charge in [0.1, 0.15) is 18.6 Å². The maximum absolute atomic E-state index is 13.6. The first-order valence-corrected chi connectivity index (χ1v) is 15.1. The summed E-state index contributed by atoms with van der Waals surface area (Å²) in [6.07, 6.45) is -1.43. The zero-order valence-electron chi connectivity index (χ0n) is 25.2. The summed E-state index contributed by atoms with van der Waals surface area (Å²) in [5.74, 6) is -6.47. The van der Waals surface area contributed by atoms with Crippen LogP contribution < -0.4 is 0 Å². The Morgan fingerprint density at radius 2 is 1.27 bits per heavy atom. The molecule has 2 aliphatic rings. The second-order valence-electron chi connectivity index (χ2n) is 11.0. The number of carbonyl (C=O) groups excluding carboxylic acids is 4. The lowest BCUT2D eigenvalue weighted by Crippen LogP contribution is -2.48. The Morgan fingerprint density at radius 1 is 0.756 bits per heavy atom. The molecule has 6 atom stereocenters. The molecule has 0 bridgehead atoms. The quantitative estimate of drug-likeness (QED) is 0.149. The fraction of sp³-hybridized carbons (Fsp3) is 0.371. The molecule has 1 aliphatic heterocycles. The highest BCUT2D eigenvalue weighted by Crippen LogP contribution is 2.55. The summed E-state index contributed by atoms with van der Waals surface area (Å²) in [6.45, 7) is 3.28. The molecular formula is C35H36O10. The molecule has 0 amide bonds. The molecule has 1 saturated heterocycles. The van der Waals surface area contributed by atoms with Gasteiger partial charge in [0.05, 0.1) is 22.6 Å². The molecule has 1 aliphatic carbocycles. The Bertz CT molecular complexity index is 1460. The highest BCUT2D eigenvalue weighted by molar-refractivity contribution is 5.91. The Labute approximate surface area is 261 Å². The molecule has 0 radical (unpaired) electrons. The predicted molar refractivity (Wildman–Crippen MR) is 160 cm³/mol. The SMILES string of the molecule is CCCCOC1CC2C(OC(=O)c3ccccc3)C(OC(=O)c3ccccc3)C(COC(C)=O)C2(OC(=O)c2ccccc2)O1. The highest BCUT2D eigenvalue weighted by atomic mass is 16.8. The van der Waals surface area contributed by atoms with Gasteiger partial charge >= 0.3 is 23.9 Å². The Morgan fingerprint density at radius 3 is 1.78 bits per heavy atom. The maximum Gasteiger partial charge on any atom is 0.340 e.